The summed E-state index contributed by atoms with van der Waals surface area (Å²) in [7, 11) is 1.31. The first kappa shape index (κ1) is 14.7. The van der Waals surface area contributed by atoms with Gasteiger partial charge in [-0.05, 0) is 34.6 Å². The van der Waals surface area contributed by atoms with Crippen LogP contribution in [0.4, 0.5) is 4.79 Å². The number of nitrogens with one attached hydrogen (secondary N) is 1. The molecule has 0 atom stereocenters. The molecule has 1 amide bonds. The number of rotatable bonds is 3. The Labute approximate surface area is 96.5 Å². The van der Waals surface area contributed by atoms with Crippen LogP contribution < -0.4 is 5.32 Å². The summed E-state index contributed by atoms with van der Waals surface area (Å²) in [6.07, 6.45) is -0.440. The largest absolute Gasteiger partial charge is 0.469 e. The molecule has 94 valence electrons. The van der Waals surface area contributed by atoms with Gasteiger partial charge >= 0.3 is 12.1 Å². The topological polar surface area (TPSA) is 64.6 Å². The molecular formula is C11H21NO4. The van der Waals surface area contributed by atoms with Crippen molar-refractivity contribution < 1.29 is 19.1 Å². The zero-order valence-electron chi connectivity index (χ0n) is 10.8. The second-order valence-corrected chi connectivity index (χ2v) is 5.26. The van der Waals surface area contributed by atoms with Crippen LogP contribution in [0.15, 0.2) is 0 Å². The Morgan fingerprint density at radius 3 is 2.00 bits per heavy atom. The third-order valence-electron chi connectivity index (χ3n) is 1.65. The molecule has 0 saturated carbocycles. The van der Waals surface area contributed by atoms with Crippen molar-refractivity contribution >= 4 is 12.1 Å². The molecule has 0 aliphatic rings. The summed E-state index contributed by atoms with van der Waals surface area (Å²) in [5.74, 6) is -0.374. The van der Waals surface area contributed by atoms with Gasteiger partial charge in [-0.2, -0.15) is 0 Å². The lowest BCUT2D eigenvalue weighted by atomic mass is 10.0. The van der Waals surface area contributed by atoms with E-state index in [9.17, 15) is 9.59 Å². The molecule has 0 heterocycles. The fraction of sp³-hybridized carbons (Fsp3) is 0.818. The maximum atomic E-state index is 11.5. The second kappa shape index (κ2) is 5.18. The van der Waals surface area contributed by atoms with E-state index in [1.54, 1.807) is 34.6 Å². The van der Waals surface area contributed by atoms with E-state index in [4.69, 9.17) is 4.74 Å². The zero-order chi connectivity index (χ0) is 13.0. The molecular weight excluding hydrogens is 210 g/mol. The maximum absolute atomic E-state index is 11.5. The third kappa shape index (κ3) is 7.09. The van der Waals surface area contributed by atoms with Gasteiger partial charge in [0.1, 0.15) is 5.60 Å². The molecule has 1 N–H and O–H groups in total. The first-order valence-corrected chi connectivity index (χ1v) is 5.14. The molecule has 0 rings (SSSR count). The van der Waals surface area contributed by atoms with Crippen LogP contribution in [-0.2, 0) is 14.3 Å². The van der Waals surface area contributed by atoms with Crippen molar-refractivity contribution in [2.24, 2.45) is 0 Å². The summed E-state index contributed by atoms with van der Waals surface area (Å²) < 4.78 is 9.62. The summed E-state index contributed by atoms with van der Waals surface area (Å²) >= 11 is 0. The number of carbonyl (C=O) groups excluding carboxylic acids is 2. The fourth-order valence-corrected chi connectivity index (χ4v) is 1.06. The smallest absolute Gasteiger partial charge is 0.408 e. The minimum Gasteiger partial charge on any atom is -0.469 e. The van der Waals surface area contributed by atoms with Gasteiger partial charge in [0.2, 0.25) is 0 Å². The lowest BCUT2D eigenvalue weighted by molar-refractivity contribution is -0.141. The van der Waals surface area contributed by atoms with Crippen molar-refractivity contribution in [3.8, 4) is 0 Å². The predicted molar refractivity (Wildman–Crippen MR) is 60.1 cm³/mol. The van der Waals surface area contributed by atoms with Crippen molar-refractivity contribution in [1.29, 1.82) is 0 Å². The van der Waals surface area contributed by atoms with E-state index >= 15 is 0 Å². The van der Waals surface area contributed by atoms with Crippen molar-refractivity contribution in [3.05, 3.63) is 0 Å². The van der Waals surface area contributed by atoms with E-state index in [1.165, 1.54) is 7.11 Å². The number of amides is 1. The lowest BCUT2D eigenvalue weighted by Crippen LogP contribution is -2.47. The number of hydrogen-bond acceptors (Lipinski definition) is 4. The first-order chi connectivity index (χ1) is 7.06. The molecule has 16 heavy (non-hydrogen) atoms. The Kier molecular flexibility index (Phi) is 4.78. The summed E-state index contributed by atoms with van der Waals surface area (Å²) in [5.41, 5.74) is -1.24. The van der Waals surface area contributed by atoms with Gasteiger partial charge in [-0.25, -0.2) is 4.79 Å². The number of methoxy groups -OCH3 is 1. The van der Waals surface area contributed by atoms with E-state index < -0.39 is 17.2 Å². The van der Waals surface area contributed by atoms with Gasteiger partial charge in [-0.15, -0.1) is 0 Å². The summed E-state index contributed by atoms with van der Waals surface area (Å²) in [6.45, 7) is 8.79. The Hall–Kier alpha value is -1.26. The van der Waals surface area contributed by atoms with Gasteiger partial charge < -0.3 is 14.8 Å². The molecule has 0 aromatic rings. The predicted octanol–water partition coefficient (Wildman–Crippen LogP) is 1.85. The monoisotopic (exact) mass is 231 g/mol. The van der Waals surface area contributed by atoms with Crippen LogP contribution >= 0.6 is 0 Å². The highest BCUT2D eigenvalue weighted by atomic mass is 16.6. The van der Waals surface area contributed by atoms with E-state index in [1.807, 2.05) is 0 Å². The van der Waals surface area contributed by atoms with Crippen LogP contribution in [-0.4, -0.2) is 30.3 Å². The van der Waals surface area contributed by atoms with E-state index in [0.29, 0.717) is 0 Å². The van der Waals surface area contributed by atoms with Gasteiger partial charge in [0.15, 0.2) is 0 Å². The highest BCUT2D eigenvalue weighted by molar-refractivity contribution is 5.73. The molecule has 0 fully saturated rings. The lowest BCUT2D eigenvalue weighted by Gasteiger charge is -2.27. The van der Waals surface area contributed by atoms with Gasteiger partial charge in [0.05, 0.1) is 13.5 Å². The zero-order valence-corrected chi connectivity index (χ0v) is 10.8. The van der Waals surface area contributed by atoms with E-state index in [-0.39, 0.29) is 12.4 Å². The Morgan fingerprint density at radius 2 is 1.62 bits per heavy atom. The molecule has 0 aliphatic heterocycles. The molecule has 0 aromatic heterocycles. The minimum absolute atomic E-state index is 0.0999. The molecule has 0 bridgehead atoms. The molecule has 5 heteroatoms. The van der Waals surface area contributed by atoms with Crippen LogP contribution in [0.25, 0.3) is 0 Å². The number of carbonyl (C=O) groups is 2. The molecule has 0 unspecified atom stereocenters. The van der Waals surface area contributed by atoms with Crippen LogP contribution in [0.2, 0.25) is 0 Å². The van der Waals surface area contributed by atoms with Crippen LogP contribution in [0.3, 0.4) is 0 Å². The highest BCUT2D eigenvalue weighted by Crippen LogP contribution is 2.12. The Bertz CT molecular complexity index is 266. The highest BCUT2D eigenvalue weighted by Gasteiger charge is 2.27. The molecule has 0 radical (unpaired) electrons. The summed E-state index contributed by atoms with van der Waals surface area (Å²) in [6, 6.07) is 0. The molecule has 5 nitrogen and oxygen atoms in total. The Morgan fingerprint density at radius 1 is 1.12 bits per heavy atom. The quantitative estimate of drug-likeness (QED) is 0.753. The average Bonchev–Trinajstić information content (AvgIpc) is 1.97. The minimum atomic E-state index is -0.685. The SMILES string of the molecule is COC(=O)CC(C)(C)NC(=O)OC(C)(C)C. The number of hydrogen-bond donors (Lipinski definition) is 1. The van der Waals surface area contributed by atoms with Gasteiger partial charge in [0, 0.05) is 5.54 Å². The van der Waals surface area contributed by atoms with Gasteiger partial charge in [-0.1, -0.05) is 0 Å². The summed E-state index contributed by atoms with van der Waals surface area (Å²) in [4.78, 5) is 22.5. The maximum Gasteiger partial charge on any atom is 0.408 e. The molecule has 0 aromatic carbocycles. The normalized spacial score (nSPS) is 11.9. The fourth-order valence-electron chi connectivity index (χ4n) is 1.06. The van der Waals surface area contributed by atoms with Gasteiger partial charge in [0.25, 0.3) is 0 Å². The van der Waals surface area contributed by atoms with Crippen molar-refractivity contribution in [2.45, 2.75) is 52.2 Å². The Balaban J connectivity index is 4.26. The van der Waals surface area contributed by atoms with Crippen molar-refractivity contribution in [1.82, 2.24) is 5.32 Å². The van der Waals surface area contributed by atoms with Crippen molar-refractivity contribution in [3.63, 3.8) is 0 Å². The molecule has 0 aliphatic carbocycles. The van der Waals surface area contributed by atoms with Crippen LogP contribution in [0.1, 0.15) is 41.0 Å². The average molecular weight is 231 g/mol. The standard InChI is InChI=1S/C11H21NO4/c1-10(2,3)16-9(14)12-11(4,5)7-8(13)15-6/h7H2,1-6H3,(H,12,14). The van der Waals surface area contributed by atoms with Gasteiger partial charge in [-0.3, -0.25) is 4.79 Å². The van der Waals surface area contributed by atoms with E-state index in [2.05, 4.69) is 10.1 Å². The first-order valence-electron chi connectivity index (χ1n) is 5.14. The number of alkyl carbamates (subject to hydrolysis) is 1. The number of ether oxygens (including phenoxy) is 2. The van der Waals surface area contributed by atoms with E-state index in [0.717, 1.165) is 0 Å². The van der Waals surface area contributed by atoms with Crippen LogP contribution in [0, 0.1) is 0 Å². The molecule has 0 spiro atoms. The number of esters is 1. The second-order valence-electron chi connectivity index (χ2n) is 5.26. The molecule has 0 saturated heterocycles. The third-order valence-corrected chi connectivity index (χ3v) is 1.65. The van der Waals surface area contributed by atoms with Crippen molar-refractivity contribution in [2.75, 3.05) is 7.11 Å². The summed E-state index contributed by atoms with van der Waals surface area (Å²) in [5, 5.41) is 2.62. The van der Waals surface area contributed by atoms with Crippen LogP contribution in [0.5, 0.6) is 0 Å².